The van der Waals surface area contributed by atoms with Crippen LogP contribution in [0.2, 0.25) is 0 Å². The first-order valence-corrected chi connectivity index (χ1v) is 10.4. The average molecular weight is 346 g/mol. The van der Waals surface area contributed by atoms with Crippen molar-refractivity contribution in [3.05, 3.63) is 24.3 Å². The van der Waals surface area contributed by atoms with Gasteiger partial charge in [0.25, 0.3) is 0 Å². The summed E-state index contributed by atoms with van der Waals surface area (Å²) in [5.41, 5.74) is 0.893. The number of rotatable bonds is 4. The standard InChI is InChI=1S/C19H27N3OS/c1-24-18-8-5-16(6-9-18)20-19(23)22-12-15-4-7-17(13-22)21(11-15)10-14-2-3-14/h5-6,8-9,14-15,17H,2-4,7,10-13H2,1H3,(H,20,23)/t15-,17-/m1/s1. The Morgan fingerprint density at radius 3 is 2.62 bits per heavy atom. The smallest absolute Gasteiger partial charge is 0.321 e. The number of hydrogen-bond donors (Lipinski definition) is 1. The molecule has 0 radical (unpaired) electrons. The third kappa shape index (κ3) is 3.72. The molecule has 3 saturated heterocycles. The third-order valence-electron chi connectivity index (χ3n) is 5.65. The van der Waals surface area contributed by atoms with Crippen LogP contribution in [0.5, 0.6) is 0 Å². The second-order valence-electron chi connectivity index (χ2n) is 7.56. The molecule has 3 aliphatic heterocycles. The lowest BCUT2D eigenvalue weighted by atomic mass is 9.95. The summed E-state index contributed by atoms with van der Waals surface area (Å²) >= 11 is 1.72. The van der Waals surface area contributed by atoms with E-state index in [9.17, 15) is 4.79 Å². The number of nitrogens with one attached hydrogen (secondary N) is 1. The molecule has 0 unspecified atom stereocenters. The molecular formula is C19H27N3OS. The van der Waals surface area contributed by atoms with E-state index in [1.165, 1.54) is 43.7 Å². The molecule has 4 fully saturated rings. The molecule has 1 aromatic carbocycles. The highest BCUT2D eigenvalue weighted by Gasteiger charge is 2.38. The molecule has 130 valence electrons. The maximum atomic E-state index is 12.7. The van der Waals surface area contributed by atoms with Crippen molar-refractivity contribution in [2.24, 2.45) is 11.8 Å². The number of benzene rings is 1. The minimum Gasteiger partial charge on any atom is -0.323 e. The topological polar surface area (TPSA) is 35.6 Å². The molecule has 2 amide bonds. The highest BCUT2D eigenvalue weighted by atomic mass is 32.2. The number of carbonyl (C=O) groups is 1. The van der Waals surface area contributed by atoms with Crippen molar-refractivity contribution in [2.75, 3.05) is 37.8 Å². The molecule has 3 heterocycles. The molecule has 1 saturated carbocycles. The van der Waals surface area contributed by atoms with Gasteiger partial charge >= 0.3 is 6.03 Å². The first-order valence-electron chi connectivity index (χ1n) is 9.15. The van der Waals surface area contributed by atoms with E-state index in [0.29, 0.717) is 12.0 Å². The second-order valence-corrected chi connectivity index (χ2v) is 8.44. The maximum absolute atomic E-state index is 12.7. The maximum Gasteiger partial charge on any atom is 0.321 e. The molecule has 0 spiro atoms. The zero-order chi connectivity index (χ0) is 16.5. The van der Waals surface area contributed by atoms with Crippen molar-refractivity contribution in [1.82, 2.24) is 9.80 Å². The Balaban J connectivity index is 1.39. The van der Waals surface area contributed by atoms with E-state index in [2.05, 4.69) is 33.5 Å². The molecule has 0 aromatic heterocycles. The zero-order valence-corrected chi connectivity index (χ0v) is 15.2. The van der Waals surface area contributed by atoms with Gasteiger partial charge in [0.1, 0.15) is 0 Å². The minimum atomic E-state index is 0.0667. The fourth-order valence-corrected chi connectivity index (χ4v) is 4.49. The number of amides is 2. The number of piperidine rings is 1. The van der Waals surface area contributed by atoms with Gasteiger partial charge in [-0.15, -0.1) is 11.8 Å². The number of nitrogens with zero attached hydrogens (tertiary/aromatic N) is 2. The largest absolute Gasteiger partial charge is 0.323 e. The number of hydrogen-bond acceptors (Lipinski definition) is 3. The predicted molar refractivity (Wildman–Crippen MR) is 99.6 cm³/mol. The van der Waals surface area contributed by atoms with E-state index >= 15 is 0 Å². The summed E-state index contributed by atoms with van der Waals surface area (Å²) in [4.78, 5) is 18.7. The monoisotopic (exact) mass is 345 g/mol. The van der Waals surface area contributed by atoms with Crippen LogP contribution in [-0.4, -0.2) is 54.3 Å². The number of thioether (sulfide) groups is 1. The first kappa shape index (κ1) is 16.3. The van der Waals surface area contributed by atoms with Crippen molar-refractivity contribution < 1.29 is 4.79 Å². The van der Waals surface area contributed by atoms with Crippen LogP contribution < -0.4 is 5.32 Å². The average Bonchev–Trinajstić information content (AvgIpc) is 3.43. The molecule has 2 bridgehead atoms. The van der Waals surface area contributed by atoms with Crippen LogP contribution in [0.1, 0.15) is 25.7 Å². The van der Waals surface area contributed by atoms with Gasteiger partial charge in [-0.3, -0.25) is 4.90 Å². The van der Waals surface area contributed by atoms with Crippen molar-refractivity contribution in [3.63, 3.8) is 0 Å². The van der Waals surface area contributed by atoms with Crippen LogP contribution in [0.15, 0.2) is 29.2 Å². The van der Waals surface area contributed by atoms with E-state index in [1.54, 1.807) is 11.8 Å². The molecule has 2 atom stereocenters. The summed E-state index contributed by atoms with van der Waals surface area (Å²) < 4.78 is 0. The van der Waals surface area contributed by atoms with Gasteiger partial charge in [-0.2, -0.15) is 0 Å². The van der Waals surface area contributed by atoms with Crippen molar-refractivity contribution in [1.29, 1.82) is 0 Å². The number of anilines is 1. The Morgan fingerprint density at radius 2 is 1.92 bits per heavy atom. The van der Waals surface area contributed by atoms with Crippen molar-refractivity contribution >= 4 is 23.5 Å². The first-order chi connectivity index (χ1) is 11.7. The highest BCUT2D eigenvalue weighted by molar-refractivity contribution is 7.98. The lowest BCUT2D eigenvalue weighted by molar-refractivity contribution is 0.126. The molecule has 4 aliphatic rings. The number of urea groups is 1. The van der Waals surface area contributed by atoms with Gasteiger partial charge in [-0.05, 0) is 68.0 Å². The molecule has 5 rings (SSSR count). The fraction of sp³-hybridized carbons (Fsp3) is 0.632. The Labute approximate surface area is 149 Å². The summed E-state index contributed by atoms with van der Waals surface area (Å²) in [5, 5.41) is 3.09. The van der Waals surface area contributed by atoms with Gasteiger partial charge in [0.05, 0.1) is 0 Å². The van der Waals surface area contributed by atoms with E-state index in [1.807, 2.05) is 12.1 Å². The van der Waals surface area contributed by atoms with Gasteiger partial charge in [0.15, 0.2) is 0 Å². The Hall–Kier alpha value is -1.20. The van der Waals surface area contributed by atoms with Crippen LogP contribution in [0.3, 0.4) is 0 Å². The van der Waals surface area contributed by atoms with E-state index in [4.69, 9.17) is 0 Å². The summed E-state index contributed by atoms with van der Waals surface area (Å²) in [7, 11) is 0. The van der Waals surface area contributed by atoms with E-state index in [0.717, 1.165) is 24.7 Å². The lowest BCUT2D eigenvalue weighted by Gasteiger charge is -2.36. The quantitative estimate of drug-likeness (QED) is 0.844. The summed E-state index contributed by atoms with van der Waals surface area (Å²) in [6.45, 7) is 4.24. The summed E-state index contributed by atoms with van der Waals surface area (Å²) in [6, 6.07) is 8.74. The number of fused-ring (bicyclic) bond motifs is 4. The summed E-state index contributed by atoms with van der Waals surface area (Å²) in [5.74, 6) is 1.58. The van der Waals surface area contributed by atoms with Gasteiger partial charge in [-0.1, -0.05) is 0 Å². The summed E-state index contributed by atoms with van der Waals surface area (Å²) in [6.07, 6.45) is 7.41. The minimum absolute atomic E-state index is 0.0667. The molecule has 4 nitrogen and oxygen atoms in total. The van der Waals surface area contributed by atoms with Gasteiger partial charge in [0, 0.05) is 42.8 Å². The second kappa shape index (κ2) is 6.96. The van der Waals surface area contributed by atoms with Crippen molar-refractivity contribution in [2.45, 2.75) is 36.6 Å². The Kier molecular flexibility index (Phi) is 4.72. The van der Waals surface area contributed by atoms with Crippen molar-refractivity contribution in [3.8, 4) is 0 Å². The normalized spacial score (nSPS) is 27.1. The number of carbonyl (C=O) groups excluding carboxylic acids is 1. The van der Waals surface area contributed by atoms with Gasteiger partial charge in [-0.25, -0.2) is 4.79 Å². The lowest BCUT2D eigenvalue weighted by Crippen LogP contribution is -2.45. The Morgan fingerprint density at radius 1 is 1.12 bits per heavy atom. The SMILES string of the molecule is CSc1ccc(NC(=O)N2C[C@@H]3CC[C@H](C2)N(CC2CC2)C3)cc1. The molecule has 1 aromatic rings. The Bertz CT molecular complexity index is 587. The van der Waals surface area contributed by atoms with Crippen LogP contribution >= 0.6 is 11.8 Å². The highest BCUT2D eigenvalue weighted by Crippen LogP contribution is 2.35. The van der Waals surface area contributed by atoms with Crippen LogP contribution in [-0.2, 0) is 0 Å². The molecule has 24 heavy (non-hydrogen) atoms. The van der Waals surface area contributed by atoms with E-state index in [-0.39, 0.29) is 6.03 Å². The predicted octanol–water partition coefficient (Wildman–Crippen LogP) is 3.75. The van der Waals surface area contributed by atoms with Crippen LogP contribution in [0, 0.1) is 11.8 Å². The third-order valence-corrected chi connectivity index (χ3v) is 6.39. The molecule has 1 N–H and O–H groups in total. The zero-order valence-electron chi connectivity index (χ0n) is 14.4. The molecular weight excluding hydrogens is 318 g/mol. The van der Waals surface area contributed by atoms with Gasteiger partial charge in [0.2, 0.25) is 0 Å². The van der Waals surface area contributed by atoms with Crippen LogP contribution in [0.4, 0.5) is 10.5 Å². The molecule has 1 aliphatic carbocycles. The van der Waals surface area contributed by atoms with Crippen LogP contribution in [0.25, 0.3) is 0 Å². The fourth-order valence-electron chi connectivity index (χ4n) is 4.08. The van der Waals surface area contributed by atoms with Gasteiger partial charge < -0.3 is 10.2 Å². The van der Waals surface area contributed by atoms with E-state index < -0.39 is 0 Å². The molecule has 5 heteroatoms.